The molecular weight excluding hydrogens is 413 g/mol. The van der Waals surface area contributed by atoms with Crippen LogP contribution in [0.4, 0.5) is 26.5 Å². The van der Waals surface area contributed by atoms with E-state index in [0.29, 0.717) is 22.2 Å². The van der Waals surface area contributed by atoms with Gasteiger partial charge in [-0.25, -0.2) is 24.1 Å². The first-order valence-electron chi connectivity index (χ1n) is 9.79. The molecule has 4 rings (SSSR count). The molecule has 0 fully saturated rings. The highest BCUT2D eigenvalue weighted by Gasteiger charge is 2.21. The van der Waals surface area contributed by atoms with E-state index in [4.69, 9.17) is 5.73 Å². The zero-order valence-corrected chi connectivity index (χ0v) is 17.3. The molecule has 0 unspecified atom stereocenters. The number of anilines is 3. The molecule has 4 N–H and O–H groups in total. The number of hydrogen-bond acceptors (Lipinski definition) is 6. The number of amides is 2. The number of fused-ring (bicyclic) bond motifs is 1. The van der Waals surface area contributed by atoms with E-state index in [0.717, 1.165) is 0 Å². The molecule has 10 heteroatoms. The minimum Gasteiger partial charge on any atom is -0.383 e. The topological polar surface area (TPSA) is 128 Å². The zero-order valence-electron chi connectivity index (χ0n) is 17.3. The van der Waals surface area contributed by atoms with Crippen LogP contribution in [0.15, 0.2) is 55.1 Å². The summed E-state index contributed by atoms with van der Waals surface area (Å²) in [4.78, 5) is 37.9. The lowest BCUT2D eigenvalue weighted by Gasteiger charge is -2.08. The number of nitrogens with zero attached hydrogens (tertiary/aromatic N) is 4. The van der Waals surface area contributed by atoms with Crippen molar-refractivity contribution in [1.29, 1.82) is 0 Å². The third kappa shape index (κ3) is 4.10. The van der Waals surface area contributed by atoms with Crippen molar-refractivity contribution in [3.05, 3.63) is 72.1 Å². The van der Waals surface area contributed by atoms with Crippen LogP contribution in [0, 0.1) is 5.82 Å². The minimum absolute atomic E-state index is 0.0505. The highest BCUT2D eigenvalue weighted by atomic mass is 19.1. The molecule has 0 saturated carbocycles. The number of urea groups is 1. The SMILES string of the molecule is CC(C)n1cc(C(=O)c2ccnc(NC(=O)Nc3cccc(F)c3)c2)c2c(N)ncnc21. The molecule has 3 aromatic heterocycles. The molecular formula is C22H20FN7O2. The Bertz CT molecular complexity index is 1330. The molecule has 0 saturated heterocycles. The van der Waals surface area contributed by atoms with Crippen LogP contribution in [-0.2, 0) is 0 Å². The number of ketones is 1. The first-order valence-corrected chi connectivity index (χ1v) is 9.79. The molecule has 0 radical (unpaired) electrons. The van der Waals surface area contributed by atoms with Gasteiger partial charge < -0.3 is 15.6 Å². The molecule has 0 spiro atoms. The number of nitrogens with one attached hydrogen (secondary N) is 2. The molecule has 1 aromatic carbocycles. The molecule has 0 bridgehead atoms. The number of hydrogen-bond donors (Lipinski definition) is 3. The van der Waals surface area contributed by atoms with E-state index in [9.17, 15) is 14.0 Å². The Balaban J connectivity index is 1.61. The predicted octanol–water partition coefficient (Wildman–Crippen LogP) is 4.00. The maximum Gasteiger partial charge on any atom is 0.324 e. The fourth-order valence-corrected chi connectivity index (χ4v) is 3.31. The Kier molecular flexibility index (Phi) is 5.50. The largest absolute Gasteiger partial charge is 0.383 e. The third-order valence-electron chi connectivity index (χ3n) is 4.79. The second-order valence-electron chi connectivity index (χ2n) is 7.35. The van der Waals surface area contributed by atoms with E-state index in [1.807, 2.05) is 18.4 Å². The lowest BCUT2D eigenvalue weighted by molar-refractivity contribution is 0.104. The van der Waals surface area contributed by atoms with E-state index in [1.54, 1.807) is 12.3 Å². The summed E-state index contributed by atoms with van der Waals surface area (Å²) in [5.74, 6) is -0.426. The minimum atomic E-state index is -0.623. The Morgan fingerprint density at radius 1 is 1.09 bits per heavy atom. The Labute approximate surface area is 182 Å². The smallest absolute Gasteiger partial charge is 0.324 e. The predicted molar refractivity (Wildman–Crippen MR) is 119 cm³/mol. The molecule has 162 valence electrons. The number of benzene rings is 1. The van der Waals surface area contributed by atoms with Gasteiger partial charge >= 0.3 is 6.03 Å². The van der Waals surface area contributed by atoms with Crippen molar-refractivity contribution in [1.82, 2.24) is 19.5 Å². The van der Waals surface area contributed by atoms with Crippen LogP contribution in [0.3, 0.4) is 0 Å². The Morgan fingerprint density at radius 3 is 2.66 bits per heavy atom. The highest BCUT2D eigenvalue weighted by Crippen LogP contribution is 2.28. The molecule has 0 aliphatic carbocycles. The fraction of sp³-hybridized carbons (Fsp3) is 0.136. The summed E-state index contributed by atoms with van der Waals surface area (Å²) in [5, 5.41) is 5.52. The number of aromatic nitrogens is 4. The van der Waals surface area contributed by atoms with Gasteiger partial charge in [0.05, 0.1) is 10.9 Å². The van der Waals surface area contributed by atoms with E-state index in [1.165, 1.54) is 42.9 Å². The van der Waals surface area contributed by atoms with Gasteiger partial charge in [-0.15, -0.1) is 0 Å². The van der Waals surface area contributed by atoms with Gasteiger partial charge in [-0.1, -0.05) is 6.07 Å². The Hall–Kier alpha value is -4.34. The quantitative estimate of drug-likeness (QED) is 0.408. The summed E-state index contributed by atoms with van der Waals surface area (Å²) < 4.78 is 15.2. The van der Waals surface area contributed by atoms with E-state index in [-0.39, 0.29) is 29.1 Å². The second-order valence-corrected chi connectivity index (χ2v) is 7.35. The fourth-order valence-electron chi connectivity index (χ4n) is 3.31. The van der Waals surface area contributed by atoms with Gasteiger partial charge in [0.15, 0.2) is 5.78 Å². The van der Waals surface area contributed by atoms with E-state index >= 15 is 0 Å². The zero-order chi connectivity index (χ0) is 22.8. The molecule has 0 atom stereocenters. The van der Waals surface area contributed by atoms with Crippen LogP contribution in [-0.4, -0.2) is 31.3 Å². The highest BCUT2D eigenvalue weighted by molar-refractivity contribution is 6.18. The maximum absolute atomic E-state index is 13.3. The summed E-state index contributed by atoms with van der Waals surface area (Å²) in [5.41, 5.74) is 7.55. The van der Waals surface area contributed by atoms with Gasteiger partial charge in [-0.3, -0.25) is 10.1 Å². The molecule has 0 aliphatic heterocycles. The number of pyridine rings is 1. The normalized spacial score (nSPS) is 11.0. The molecule has 3 heterocycles. The summed E-state index contributed by atoms with van der Waals surface area (Å²) in [7, 11) is 0. The molecule has 32 heavy (non-hydrogen) atoms. The van der Waals surface area contributed by atoms with Crippen LogP contribution in [0.2, 0.25) is 0 Å². The average Bonchev–Trinajstić information content (AvgIpc) is 3.15. The summed E-state index contributed by atoms with van der Waals surface area (Å²) in [6, 6.07) is 7.90. The van der Waals surface area contributed by atoms with Gasteiger partial charge in [0, 0.05) is 29.7 Å². The number of carbonyl (C=O) groups excluding carboxylic acids is 2. The lowest BCUT2D eigenvalue weighted by atomic mass is 10.0. The van der Waals surface area contributed by atoms with Crippen molar-refractivity contribution < 1.29 is 14.0 Å². The van der Waals surface area contributed by atoms with Gasteiger partial charge in [0.2, 0.25) is 0 Å². The van der Waals surface area contributed by atoms with Crippen LogP contribution in [0.5, 0.6) is 0 Å². The van der Waals surface area contributed by atoms with Crippen molar-refractivity contribution in [2.75, 3.05) is 16.4 Å². The van der Waals surface area contributed by atoms with Crippen LogP contribution in [0.1, 0.15) is 35.8 Å². The third-order valence-corrected chi connectivity index (χ3v) is 4.79. The lowest BCUT2D eigenvalue weighted by Crippen LogP contribution is -2.20. The van der Waals surface area contributed by atoms with Crippen LogP contribution < -0.4 is 16.4 Å². The maximum atomic E-state index is 13.3. The van der Waals surface area contributed by atoms with Crippen molar-refractivity contribution >= 4 is 40.2 Å². The number of carbonyl (C=O) groups is 2. The first kappa shape index (κ1) is 20.9. The molecule has 0 aliphatic rings. The van der Waals surface area contributed by atoms with E-state index in [2.05, 4.69) is 25.6 Å². The second kappa shape index (κ2) is 8.42. The van der Waals surface area contributed by atoms with E-state index < -0.39 is 11.8 Å². The number of nitrogen functional groups attached to an aromatic ring is 1. The summed E-state index contributed by atoms with van der Waals surface area (Å²) in [6.07, 6.45) is 4.47. The Morgan fingerprint density at radius 2 is 1.91 bits per heavy atom. The number of halogens is 1. The summed E-state index contributed by atoms with van der Waals surface area (Å²) in [6.45, 7) is 3.94. The van der Waals surface area contributed by atoms with Crippen molar-refractivity contribution in [2.45, 2.75) is 19.9 Å². The average molecular weight is 433 g/mol. The number of rotatable bonds is 5. The van der Waals surface area contributed by atoms with Gasteiger partial charge in [0.25, 0.3) is 0 Å². The molecule has 9 nitrogen and oxygen atoms in total. The van der Waals surface area contributed by atoms with Crippen molar-refractivity contribution in [3.63, 3.8) is 0 Å². The standard InChI is InChI=1S/C22H20FN7O2/c1-12(2)30-10-16(18-20(24)26-11-27-21(18)30)19(31)13-6-7-25-17(8-13)29-22(32)28-15-5-3-4-14(23)9-15/h3-12H,1-2H3,(H2,24,26,27)(H2,25,28,29,32). The van der Waals surface area contributed by atoms with Gasteiger partial charge in [-0.05, 0) is 44.2 Å². The first-order chi connectivity index (χ1) is 15.3. The van der Waals surface area contributed by atoms with Crippen LogP contribution in [0.25, 0.3) is 11.0 Å². The van der Waals surface area contributed by atoms with Crippen molar-refractivity contribution in [3.8, 4) is 0 Å². The molecule has 2 amide bonds. The van der Waals surface area contributed by atoms with Crippen LogP contribution >= 0.6 is 0 Å². The van der Waals surface area contributed by atoms with Gasteiger partial charge in [0.1, 0.15) is 29.4 Å². The van der Waals surface area contributed by atoms with Gasteiger partial charge in [-0.2, -0.15) is 0 Å². The molecule has 4 aromatic rings. The monoisotopic (exact) mass is 433 g/mol. The summed E-state index contributed by atoms with van der Waals surface area (Å²) >= 11 is 0. The van der Waals surface area contributed by atoms with Crippen molar-refractivity contribution in [2.24, 2.45) is 0 Å². The number of nitrogens with two attached hydrogens (primary N) is 1.